The molecule has 0 radical (unpaired) electrons. The fraction of sp³-hybridized carbons (Fsp3) is 0.600. The number of pyridine rings is 1. The molecule has 2 amide bonds. The molecular formula is C20H25N3O4. The summed E-state index contributed by atoms with van der Waals surface area (Å²) in [4.78, 5) is 44.3. The Labute approximate surface area is 158 Å². The van der Waals surface area contributed by atoms with Crippen LogP contribution in [0.4, 0.5) is 0 Å². The van der Waals surface area contributed by atoms with Crippen molar-refractivity contribution < 1.29 is 19.5 Å². The van der Waals surface area contributed by atoms with Crippen molar-refractivity contribution in [1.82, 2.24) is 14.8 Å². The van der Waals surface area contributed by atoms with E-state index >= 15 is 0 Å². The molecule has 1 saturated carbocycles. The number of aromatic nitrogens is 1. The summed E-state index contributed by atoms with van der Waals surface area (Å²) in [7, 11) is 0. The molecule has 144 valence electrons. The van der Waals surface area contributed by atoms with Crippen LogP contribution in [0.3, 0.4) is 0 Å². The largest absolute Gasteiger partial charge is 0.480 e. The molecule has 7 heteroatoms. The van der Waals surface area contributed by atoms with E-state index in [-0.39, 0.29) is 29.6 Å². The molecule has 1 aromatic rings. The lowest BCUT2D eigenvalue weighted by molar-refractivity contribution is -0.148. The van der Waals surface area contributed by atoms with E-state index in [2.05, 4.69) is 4.98 Å². The highest BCUT2D eigenvalue weighted by Crippen LogP contribution is 2.44. The zero-order chi connectivity index (χ0) is 19.0. The second-order valence-corrected chi connectivity index (χ2v) is 8.22. The smallest absolute Gasteiger partial charge is 0.326 e. The van der Waals surface area contributed by atoms with Crippen molar-refractivity contribution in [2.45, 2.75) is 44.6 Å². The average Bonchev–Trinajstić information content (AvgIpc) is 3.45. The maximum absolute atomic E-state index is 12.8. The Morgan fingerprint density at radius 1 is 1.22 bits per heavy atom. The number of aliphatic carboxylic acids is 1. The topological polar surface area (TPSA) is 90.8 Å². The van der Waals surface area contributed by atoms with Crippen molar-refractivity contribution in [3.8, 4) is 0 Å². The van der Waals surface area contributed by atoms with Crippen LogP contribution in [0.15, 0.2) is 24.5 Å². The number of rotatable bonds is 4. The minimum absolute atomic E-state index is 0.163. The number of likely N-dealkylation sites (tertiary alicyclic amines) is 2. The quantitative estimate of drug-likeness (QED) is 0.862. The summed E-state index contributed by atoms with van der Waals surface area (Å²) in [5.41, 5.74) is 0.603. The fourth-order valence-corrected chi connectivity index (χ4v) is 4.47. The highest BCUT2D eigenvalue weighted by molar-refractivity contribution is 5.86. The minimum Gasteiger partial charge on any atom is -0.480 e. The summed E-state index contributed by atoms with van der Waals surface area (Å²) in [5.74, 6) is -0.638. The zero-order valence-corrected chi connectivity index (χ0v) is 15.3. The third-order valence-electron chi connectivity index (χ3n) is 6.25. The van der Waals surface area contributed by atoms with Crippen molar-refractivity contribution in [2.24, 2.45) is 11.3 Å². The lowest BCUT2D eigenvalue weighted by Gasteiger charge is -2.39. The van der Waals surface area contributed by atoms with Gasteiger partial charge in [-0.1, -0.05) is 6.07 Å². The molecule has 0 bridgehead atoms. The number of nitrogens with zero attached hydrogens (tertiary/aromatic N) is 3. The van der Waals surface area contributed by atoms with Crippen molar-refractivity contribution in [2.75, 3.05) is 19.6 Å². The summed E-state index contributed by atoms with van der Waals surface area (Å²) in [5, 5.41) is 9.66. The molecule has 2 saturated heterocycles. The van der Waals surface area contributed by atoms with E-state index in [9.17, 15) is 19.5 Å². The molecule has 1 N–H and O–H groups in total. The lowest BCUT2D eigenvalue weighted by Crippen LogP contribution is -2.45. The first-order chi connectivity index (χ1) is 13.0. The number of piperidine rings is 1. The van der Waals surface area contributed by atoms with E-state index < -0.39 is 12.0 Å². The average molecular weight is 371 g/mol. The summed E-state index contributed by atoms with van der Waals surface area (Å²) < 4.78 is 0. The van der Waals surface area contributed by atoms with E-state index in [4.69, 9.17) is 0 Å². The zero-order valence-electron chi connectivity index (χ0n) is 15.3. The van der Waals surface area contributed by atoms with E-state index in [0.29, 0.717) is 26.1 Å². The summed E-state index contributed by atoms with van der Waals surface area (Å²) in [6.07, 6.45) is 7.47. The Hall–Kier alpha value is -2.44. The van der Waals surface area contributed by atoms with Gasteiger partial charge < -0.3 is 14.9 Å². The monoisotopic (exact) mass is 371 g/mol. The van der Waals surface area contributed by atoms with Crippen LogP contribution >= 0.6 is 0 Å². The number of carbonyl (C=O) groups excluding carboxylic acids is 2. The van der Waals surface area contributed by atoms with Crippen LogP contribution in [0, 0.1) is 11.3 Å². The summed E-state index contributed by atoms with van der Waals surface area (Å²) in [6.45, 7) is 1.81. The Bertz CT molecular complexity index is 739. The highest BCUT2D eigenvalue weighted by Gasteiger charge is 2.50. The molecule has 4 rings (SSSR count). The van der Waals surface area contributed by atoms with Gasteiger partial charge in [-0.25, -0.2) is 4.79 Å². The molecule has 3 aliphatic rings. The van der Waals surface area contributed by atoms with Crippen LogP contribution in [0.5, 0.6) is 0 Å². The molecule has 1 atom stereocenters. The van der Waals surface area contributed by atoms with Crippen molar-refractivity contribution in [1.29, 1.82) is 0 Å². The first-order valence-electron chi connectivity index (χ1n) is 9.67. The van der Waals surface area contributed by atoms with Gasteiger partial charge in [0.1, 0.15) is 6.04 Å². The van der Waals surface area contributed by atoms with Crippen LogP contribution in [-0.2, 0) is 20.8 Å². The maximum Gasteiger partial charge on any atom is 0.326 e. The first kappa shape index (κ1) is 17.9. The van der Waals surface area contributed by atoms with Gasteiger partial charge in [-0.2, -0.15) is 0 Å². The molecule has 27 heavy (non-hydrogen) atoms. The Morgan fingerprint density at radius 2 is 1.96 bits per heavy atom. The van der Waals surface area contributed by atoms with Gasteiger partial charge in [-0.3, -0.25) is 14.6 Å². The van der Waals surface area contributed by atoms with Crippen LogP contribution in [0.1, 0.15) is 37.7 Å². The van der Waals surface area contributed by atoms with Gasteiger partial charge in [-0.05, 0) is 49.1 Å². The number of carboxylic acids is 1. The van der Waals surface area contributed by atoms with Gasteiger partial charge in [0.15, 0.2) is 0 Å². The third-order valence-corrected chi connectivity index (χ3v) is 6.25. The predicted octanol–water partition coefficient (Wildman–Crippen LogP) is 1.33. The second-order valence-electron chi connectivity index (χ2n) is 8.22. The van der Waals surface area contributed by atoms with Gasteiger partial charge in [0.2, 0.25) is 11.8 Å². The lowest BCUT2D eigenvalue weighted by atomic mass is 9.76. The van der Waals surface area contributed by atoms with E-state index in [1.165, 1.54) is 4.90 Å². The normalized spacial score (nSPS) is 24.2. The van der Waals surface area contributed by atoms with Crippen molar-refractivity contribution in [3.63, 3.8) is 0 Å². The number of carboxylic acid groups (broad SMARTS) is 1. The van der Waals surface area contributed by atoms with Gasteiger partial charge in [-0.15, -0.1) is 0 Å². The maximum atomic E-state index is 12.8. The van der Waals surface area contributed by atoms with Crippen LogP contribution < -0.4 is 0 Å². The first-order valence-corrected chi connectivity index (χ1v) is 9.67. The number of hydrogen-bond donors (Lipinski definition) is 1. The molecule has 0 aromatic carbocycles. The number of hydrogen-bond acceptors (Lipinski definition) is 4. The Balaban J connectivity index is 1.43. The van der Waals surface area contributed by atoms with Gasteiger partial charge in [0.05, 0.1) is 6.42 Å². The van der Waals surface area contributed by atoms with E-state index in [1.54, 1.807) is 18.5 Å². The molecular weight excluding hydrogens is 346 g/mol. The van der Waals surface area contributed by atoms with Gasteiger partial charge >= 0.3 is 5.97 Å². The highest BCUT2D eigenvalue weighted by atomic mass is 16.4. The van der Waals surface area contributed by atoms with E-state index in [1.807, 2.05) is 11.0 Å². The second kappa shape index (κ2) is 6.94. The molecule has 1 aliphatic carbocycles. The molecule has 2 aliphatic heterocycles. The van der Waals surface area contributed by atoms with E-state index in [0.717, 1.165) is 31.2 Å². The third kappa shape index (κ3) is 3.68. The molecule has 7 nitrogen and oxygen atoms in total. The molecule has 0 unspecified atom stereocenters. The molecule has 3 fully saturated rings. The SMILES string of the molecule is O=C(O)[C@@H]1CC2(CCN(C(=O)C3CC3)CC2)CN1C(=O)Cc1cccnc1. The summed E-state index contributed by atoms with van der Waals surface area (Å²) >= 11 is 0. The fourth-order valence-electron chi connectivity index (χ4n) is 4.47. The Morgan fingerprint density at radius 3 is 2.56 bits per heavy atom. The molecule has 3 heterocycles. The molecule has 1 spiro atoms. The Kier molecular flexibility index (Phi) is 4.61. The van der Waals surface area contributed by atoms with Crippen LogP contribution in [-0.4, -0.2) is 63.4 Å². The van der Waals surface area contributed by atoms with Crippen LogP contribution in [0.2, 0.25) is 0 Å². The van der Waals surface area contributed by atoms with Crippen molar-refractivity contribution >= 4 is 17.8 Å². The molecule has 1 aromatic heterocycles. The minimum atomic E-state index is -0.942. The van der Waals surface area contributed by atoms with Crippen LogP contribution in [0.25, 0.3) is 0 Å². The number of carbonyl (C=O) groups is 3. The van der Waals surface area contributed by atoms with Crippen molar-refractivity contribution in [3.05, 3.63) is 30.1 Å². The number of amides is 2. The predicted molar refractivity (Wildman–Crippen MR) is 96.7 cm³/mol. The van der Waals surface area contributed by atoms with Gasteiger partial charge in [0, 0.05) is 37.9 Å². The van der Waals surface area contributed by atoms with Gasteiger partial charge in [0.25, 0.3) is 0 Å². The summed E-state index contributed by atoms with van der Waals surface area (Å²) in [6, 6.07) is 2.82. The standard InChI is InChI=1S/C20H25N3O4/c24-17(10-14-2-1-7-21-12-14)23-13-20(11-16(23)19(26)27)5-8-22(9-6-20)18(25)15-3-4-15/h1-2,7,12,15-16H,3-6,8-11,13H2,(H,26,27)/t16-/m0/s1.